The first kappa shape index (κ1) is 19.0. The predicted octanol–water partition coefficient (Wildman–Crippen LogP) is 4.02. The minimum atomic E-state index is -0.0732. The topological polar surface area (TPSA) is 64.7 Å². The number of aromatic nitrogens is 4. The van der Waals surface area contributed by atoms with Gasteiger partial charge in [0.15, 0.2) is 5.82 Å². The molecule has 4 aromatic rings. The molecule has 0 bridgehead atoms. The number of hydrogen-bond donors (Lipinski definition) is 1. The minimum absolute atomic E-state index is 0.0732. The van der Waals surface area contributed by atoms with Gasteiger partial charge in [-0.1, -0.05) is 60.3 Å². The quantitative estimate of drug-likeness (QED) is 0.473. The van der Waals surface area contributed by atoms with Crippen molar-refractivity contribution in [2.24, 2.45) is 0 Å². The van der Waals surface area contributed by atoms with Crippen LogP contribution >= 0.6 is 11.8 Å². The van der Waals surface area contributed by atoms with Crippen molar-refractivity contribution in [1.29, 1.82) is 0 Å². The van der Waals surface area contributed by atoms with E-state index in [0.717, 1.165) is 22.6 Å². The lowest BCUT2D eigenvalue weighted by Crippen LogP contribution is -2.17. The molecular weight excluding hydrogens is 382 g/mol. The summed E-state index contributed by atoms with van der Waals surface area (Å²) in [5.74, 6) is 0.990. The molecule has 0 aliphatic heterocycles. The molecule has 2 aromatic heterocycles. The number of anilines is 1. The van der Waals surface area contributed by atoms with Crippen molar-refractivity contribution in [3.8, 4) is 0 Å². The van der Waals surface area contributed by atoms with Gasteiger partial charge in [0.25, 0.3) is 0 Å². The van der Waals surface area contributed by atoms with E-state index < -0.39 is 0 Å². The zero-order chi connectivity index (χ0) is 20.1. The van der Waals surface area contributed by atoms with Crippen molar-refractivity contribution < 1.29 is 4.79 Å². The predicted molar refractivity (Wildman–Crippen MR) is 115 cm³/mol. The molecule has 2 heterocycles. The zero-order valence-corrected chi connectivity index (χ0v) is 16.8. The Balaban J connectivity index is 1.51. The van der Waals surface area contributed by atoms with Gasteiger partial charge in [-0.25, -0.2) is 4.68 Å². The second-order valence-electron chi connectivity index (χ2n) is 6.59. The Morgan fingerprint density at radius 1 is 0.966 bits per heavy atom. The van der Waals surface area contributed by atoms with Crippen molar-refractivity contribution in [3.05, 3.63) is 96.1 Å². The van der Waals surface area contributed by atoms with Gasteiger partial charge in [0.2, 0.25) is 11.1 Å². The fourth-order valence-electron chi connectivity index (χ4n) is 2.99. The Morgan fingerprint density at radius 2 is 1.69 bits per heavy atom. The molecule has 2 aromatic carbocycles. The Hall–Kier alpha value is -3.32. The van der Waals surface area contributed by atoms with Gasteiger partial charge in [-0.05, 0) is 36.2 Å². The van der Waals surface area contributed by atoms with E-state index in [9.17, 15) is 4.79 Å². The van der Waals surface area contributed by atoms with Crippen molar-refractivity contribution in [3.63, 3.8) is 0 Å². The van der Waals surface area contributed by atoms with Crippen LogP contribution in [0.25, 0.3) is 0 Å². The van der Waals surface area contributed by atoms with Crippen LogP contribution in [0.2, 0.25) is 0 Å². The van der Waals surface area contributed by atoms with E-state index in [-0.39, 0.29) is 11.7 Å². The summed E-state index contributed by atoms with van der Waals surface area (Å²) in [6.45, 7) is 1.97. The Morgan fingerprint density at radius 3 is 2.45 bits per heavy atom. The van der Waals surface area contributed by atoms with Crippen LogP contribution in [0.4, 0.5) is 5.69 Å². The highest BCUT2D eigenvalue weighted by Crippen LogP contribution is 2.20. The molecule has 146 valence electrons. The average Bonchev–Trinajstić information content (AvgIpc) is 3.39. The van der Waals surface area contributed by atoms with Gasteiger partial charge in [0.1, 0.15) is 0 Å². The lowest BCUT2D eigenvalue weighted by Gasteiger charge is -2.11. The van der Waals surface area contributed by atoms with Crippen molar-refractivity contribution in [2.75, 3.05) is 11.1 Å². The molecule has 0 unspecified atom stereocenters. The van der Waals surface area contributed by atoms with Gasteiger partial charge in [-0.15, -0.1) is 10.2 Å². The number of rotatable bonds is 7. The highest BCUT2D eigenvalue weighted by Gasteiger charge is 2.16. The largest absolute Gasteiger partial charge is 0.325 e. The first-order valence-corrected chi connectivity index (χ1v) is 10.3. The van der Waals surface area contributed by atoms with E-state index in [2.05, 4.69) is 27.6 Å². The number of aryl methyl sites for hydroxylation is 1. The highest BCUT2D eigenvalue weighted by molar-refractivity contribution is 7.99. The van der Waals surface area contributed by atoms with Gasteiger partial charge >= 0.3 is 0 Å². The van der Waals surface area contributed by atoms with E-state index in [1.54, 1.807) is 0 Å². The molecule has 0 aliphatic rings. The number of nitrogens with one attached hydrogen (secondary N) is 1. The summed E-state index contributed by atoms with van der Waals surface area (Å²) in [7, 11) is 0. The van der Waals surface area contributed by atoms with Crippen LogP contribution in [0.5, 0.6) is 0 Å². The lowest BCUT2D eigenvalue weighted by molar-refractivity contribution is -0.113. The summed E-state index contributed by atoms with van der Waals surface area (Å²) in [5, 5.41) is 12.4. The first-order valence-electron chi connectivity index (χ1n) is 9.31. The smallest absolute Gasteiger partial charge is 0.234 e. The zero-order valence-electron chi connectivity index (χ0n) is 16.0. The second kappa shape index (κ2) is 8.79. The first-order chi connectivity index (χ1) is 14.2. The highest BCUT2D eigenvalue weighted by atomic mass is 32.2. The second-order valence-corrected chi connectivity index (χ2v) is 7.53. The molecule has 7 heteroatoms. The molecular formula is C22H21N5OS. The fourth-order valence-corrected chi connectivity index (χ4v) is 3.75. The molecule has 4 rings (SSSR count). The van der Waals surface area contributed by atoms with E-state index in [1.165, 1.54) is 11.8 Å². The van der Waals surface area contributed by atoms with E-state index in [4.69, 9.17) is 0 Å². The molecule has 0 atom stereocenters. The summed E-state index contributed by atoms with van der Waals surface area (Å²) in [4.78, 5) is 12.4. The van der Waals surface area contributed by atoms with Crippen molar-refractivity contribution >= 4 is 23.4 Å². The van der Waals surface area contributed by atoms with Crippen LogP contribution < -0.4 is 5.32 Å². The third-order valence-corrected chi connectivity index (χ3v) is 5.37. The molecule has 29 heavy (non-hydrogen) atoms. The summed E-state index contributed by atoms with van der Waals surface area (Å²) in [5.41, 5.74) is 3.02. The number of carbonyl (C=O) groups is 1. The van der Waals surface area contributed by atoms with Crippen LogP contribution in [-0.4, -0.2) is 31.2 Å². The maximum Gasteiger partial charge on any atom is 0.234 e. The number of hydrogen-bond acceptors (Lipinski definition) is 4. The van der Waals surface area contributed by atoms with Gasteiger partial charge in [-0.3, -0.25) is 9.47 Å². The fraction of sp³-hybridized carbons (Fsp3) is 0.136. The number of carbonyl (C=O) groups excluding carboxylic acids is 1. The summed E-state index contributed by atoms with van der Waals surface area (Å²) < 4.78 is 3.87. The molecule has 0 radical (unpaired) electrons. The summed E-state index contributed by atoms with van der Waals surface area (Å²) >= 11 is 1.37. The van der Waals surface area contributed by atoms with E-state index in [0.29, 0.717) is 11.6 Å². The van der Waals surface area contributed by atoms with E-state index >= 15 is 0 Å². The number of para-hydroxylation sites is 1. The summed E-state index contributed by atoms with van der Waals surface area (Å²) in [6, 6.07) is 21.8. The minimum Gasteiger partial charge on any atom is -0.325 e. The Kier molecular flexibility index (Phi) is 5.76. The third-order valence-electron chi connectivity index (χ3n) is 4.45. The van der Waals surface area contributed by atoms with E-state index in [1.807, 2.05) is 83.3 Å². The summed E-state index contributed by atoms with van der Waals surface area (Å²) in [6.07, 6.45) is 4.53. The third kappa shape index (κ3) is 4.57. The van der Waals surface area contributed by atoms with Crippen LogP contribution in [0, 0.1) is 6.92 Å². The Labute approximate surface area is 173 Å². The average molecular weight is 404 g/mol. The monoisotopic (exact) mass is 403 g/mol. The molecule has 6 nitrogen and oxygen atoms in total. The van der Waals surface area contributed by atoms with Crippen LogP contribution in [0.1, 0.15) is 17.0 Å². The van der Waals surface area contributed by atoms with Crippen LogP contribution in [0.15, 0.2) is 84.3 Å². The lowest BCUT2D eigenvalue weighted by atomic mass is 10.1. The molecule has 1 N–H and O–H groups in total. The number of thioether (sulfide) groups is 1. The normalized spacial score (nSPS) is 10.8. The Bertz CT molecular complexity index is 1090. The van der Waals surface area contributed by atoms with Gasteiger partial charge < -0.3 is 5.32 Å². The SMILES string of the molecule is Cc1ccccc1NC(=O)CSc1nnc(Cc2ccccc2)n1-n1cccc1. The number of amides is 1. The maximum absolute atomic E-state index is 12.4. The van der Waals surface area contributed by atoms with Gasteiger partial charge in [0, 0.05) is 24.5 Å². The van der Waals surface area contributed by atoms with Gasteiger partial charge in [0.05, 0.1) is 5.75 Å². The number of benzene rings is 2. The maximum atomic E-state index is 12.4. The standard InChI is InChI=1S/C22H21N5OS/c1-17-9-5-6-12-19(17)23-21(28)16-29-22-25-24-20(15-18-10-3-2-4-11-18)27(22)26-13-7-8-14-26/h2-14H,15-16H2,1H3,(H,23,28). The molecule has 0 saturated heterocycles. The van der Waals surface area contributed by atoms with Crippen molar-refractivity contribution in [1.82, 2.24) is 19.5 Å². The molecule has 0 fully saturated rings. The van der Waals surface area contributed by atoms with Gasteiger partial charge in [-0.2, -0.15) is 0 Å². The number of nitrogens with zero attached hydrogens (tertiary/aromatic N) is 4. The molecule has 0 spiro atoms. The molecule has 1 amide bonds. The van der Waals surface area contributed by atoms with Crippen molar-refractivity contribution in [2.45, 2.75) is 18.5 Å². The molecule has 0 saturated carbocycles. The van der Waals surface area contributed by atoms with Crippen LogP contribution in [0.3, 0.4) is 0 Å². The molecule has 0 aliphatic carbocycles. The van der Waals surface area contributed by atoms with Crippen LogP contribution in [-0.2, 0) is 11.2 Å².